The molecule has 4 aromatic rings. The topological polar surface area (TPSA) is 55.4 Å². The number of amides is 1. The monoisotopic (exact) mass is 457 g/mol. The summed E-state index contributed by atoms with van der Waals surface area (Å²) in [4.78, 5) is 24.7. The van der Waals surface area contributed by atoms with Crippen molar-refractivity contribution < 1.29 is 18.7 Å². The Labute approximate surface area is 194 Å². The number of hydrogen-bond acceptors (Lipinski definition) is 4. The summed E-state index contributed by atoms with van der Waals surface area (Å²) in [6.07, 6.45) is 0.129. The number of carbonyl (C=O) groups excluding carboxylic acids is 2. The Morgan fingerprint density at radius 1 is 0.970 bits per heavy atom. The zero-order valence-corrected chi connectivity index (χ0v) is 18.4. The van der Waals surface area contributed by atoms with Crippen molar-refractivity contribution >= 4 is 23.7 Å². The van der Waals surface area contributed by atoms with Gasteiger partial charge in [-0.3, -0.25) is 4.79 Å². The maximum Gasteiger partial charge on any atom is 0.407 e. The Morgan fingerprint density at radius 3 is 2.36 bits per heavy atom. The normalized spacial score (nSPS) is 12.2. The molecule has 3 aromatic carbocycles. The zero-order chi connectivity index (χ0) is 22.8. The molecule has 0 aliphatic heterocycles. The highest BCUT2D eigenvalue weighted by atomic mass is 32.1. The van der Waals surface area contributed by atoms with Gasteiger partial charge < -0.3 is 10.1 Å². The molecule has 1 aliphatic rings. The largest absolute Gasteiger partial charge is 0.449 e. The highest BCUT2D eigenvalue weighted by Gasteiger charge is 2.29. The van der Waals surface area contributed by atoms with E-state index in [4.69, 9.17) is 4.74 Å². The van der Waals surface area contributed by atoms with Crippen molar-refractivity contribution in [1.82, 2.24) is 5.32 Å². The number of halogens is 1. The predicted molar refractivity (Wildman–Crippen MR) is 127 cm³/mol. The Kier molecular flexibility index (Phi) is 5.75. The number of aldehydes is 1. The second-order valence-electron chi connectivity index (χ2n) is 7.80. The van der Waals surface area contributed by atoms with E-state index in [0.29, 0.717) is 11.8 Å². The number of fused-ring (bicyclic) bond motifs is 3. The van der Waals surface area contributed by atoms with Crippen molar-refractivity contribution in [3.63, 3.8) is 0 Å². The van der Waals surface area contributed by atoms with Gasteiger partial charge in [-0.1, -0.05) is 48.5 Å². The van der Waals surface area contributed by atoms with Crippen LogP contribution in [0.4, 0.5) is 9.18 Å². The average Bonchev–Trinajstić information content (AvgIpc) is 3.44. The van der Waals surface area contributed by atoms with Gasteiger partial charge in [0.05, 0.1) is 0 Å². The lowest BCUT2D eigenvalue weighted by molar-refractivity contribution is 0.112. The average molecular weight is 458 g/mol. The number of rotatable bonds is 6. The summed E-state index contributed by atoms with van der Waals surface area (Å²) in [5.74, 6) is -0.468. The number of hydrogen-bond donors (Lipinski definition) is 1. The zero-order valence-electron chi connectivity index (χ0n) is 17.6. The Morgan fingerprint density at radius 2 is 1.67 bits per heavy atom. The predicted octanol–water partition coefficient (Wildman–Crippen LogP) is 6.41. The minimum absolute atomic E-state index is 0.00535. The van der Waals surface area contributed by atoms with Crippen LogP contribution in [0.1, 0.15) is 33.0 Å². The number of ether oxygens (including phenoxy) is 1. The molecule has 5 rings (SSSR count). The van der Waals surface area contributed by atoms with E-state index in [1.807, 2.05) is 35.7 Å². The van der Waals surface area contributed by atoms with E-state index < -0.39 is 11.9 Å². The second-order valence-corrected chi connectivity index (χ2v) is 8.72. The van der Waals surface area contributed by atoms with Gasteiger partial charge in [-0.15, -0.1) is 11.3 Å². The van der Waals surface area contributed by atoms with E-state index in [1.54, 1.807) is 6.07 Å². The Bertz CT molecular complexity index is 1300. The van der Waals surface area contributed by atoms with Gasteiger partial charge in [0.25, 0.3) is 0 Å². The molecule has 0 saturated heterocycles. The lowest BCUT2D eigenvalue weighted by Crippen LogP contribution is -2.25. The maximum atomic E-state index is 13.5. The third-order valence-corrected chi connectivity index (χ3v) is 6.89. The Hall–Kier alpha value is -3.77. The van der Waals surface area contributed by atoms with Crippen LogP contribution in [-0.2, 0) is 11.3 Å². The Balaban J connectivity index is 1.26. The summed E-state index contributed by atoms with van der Waals surface area (Å²) in [5, 5.41) is 4.68. The molecule has 164 valence electrons. The summed E-state index contributed by atoms with van der Waals surface area (Å²) < 4.78 is 19.1. The van der Waals surface area contributed by atoms with Gasteiger partial charge in [0.2, 0.25) is 0 Å². The molecule has 0 atom stereocenters. The SMILES string of the molecule is O=Cc1cc(F)ccc1-c1sccc1CNC(=O)OCC1c2ccccc2-c2ccccc21. The van der Waals surface area contributed by atoms with Crippen molar-refractivity contribution in [2.75, 3.05) is 6.61 Å². The first-order valence-corrected chi connectivity index (χ1v) is 11.4. The lowest BCUT2D eigenvalue weighted by Gasteiger charge is -2.15. The van der Waals surface area contributed by atoms with Gasteiger partial charge >= 0.3 is 6.09 Å². The molecule has 33 heavy (non-hydrogen) atoms. The molecule has 0 bridgehead atoms. The summed E-state index contributed by atoms with van der Waals surface area (Å²) in [7, 11) is 0. The molecule has 1 aliphatic carbocycles. The van der Waals surface area contributed by atoms with Gasteiger partial charge in [-0.25, -0.2) is 9.18 Å². The standard InChI is InChI=1S/C27H20FNO3S/c28-19-9-10-20(18(13-19)15-30)26-17(11-12-33-26)14-29-27(31)32-16-25-23-7-3-1-5-21(23)22-6-2-4-8-24(22)25/h1-13,15,25H,14,16H2,(H,29,31). The van der Waals surface area contributed by atoms with Crippen LogP contribution in [0.3, 0.4) is 0 Å². The summed E-state index contributed by atoms with van der Waals surface area (Å²) in [5.41, 5.74) is 6.42. The van der Waals surface area contributed by atoms with Crippen molar-refractivity contribution in [1.29, 1.82) is 0 Å². The summed E-state index contributed by atoms with van der Waals surface area (Å²) in [6, 6.07) is 22.4. The number of benzene rings is 3. The van der Waals surface area contributed by atoms with E-state index in [-0.39, 0.29) is 24.6 Å². The van der Waals surface area contributed by atoms with Crippen LogP contribution in [0.15, 0.2) is 78.2 Å². The van der Waals surface area contributed by atoms with Crippen LogP contribution in [0.5, 0.6) is 0 Å². The van der Waals surface area contributed by atoms with Gasteiger partial charge in [0.15, 0.2) is 6.29 Å². The van der Waals surface area contributed by atoms with E-state index in [9.17, 15) is 14.0 Å². The van der Waals surface area contributed by atoms with Crippen LogP contribution in [0.2, 0.25) is 0 Å². The minimum atomic E-state index is -0.510. The van der Waals surface area contributed by atoms with Crippen LogP contribution in [0.25, 0.3) is 21.6 Å². The van der Waals surface area contributed by atoms with Crippen LogP contribution in [-0.4, -0.2) is 19.0 Å². The lowest BCUT2D eigenvalue weighted by atomic mass is 9.98. The molecule has 1 aromatic heterocycles. The van der Waals surface area contributed by atoms with E-state index in [1.165, 1.54) is 34.6 Å². The molecule has 0 fully saturated rings. The molecule has 0 spiro atoms. The third kappa shape index (κ3) is 4.05. The van der Waals surface area contributed by atoms with E-state index in [2.05, 4.69) is 29.6 Å². The molecule has 4 nitrogen and oxygen atoms in total. The summed E-state index contributed by atoms with van der Waals surface area (Å²) in [6.45, 7) is 0.481. The van der Waals surface area contributed by atoms with Gasteiger partial charge in [0.1, 0.15) is 12.4 Å². The summed E-state index contributed by atoms with van der Waals surface area (Å²) >= 11 is 1.43. The molecular weight excluding hydrogens is 437 g/mol. The first-order chi connectivity index (χ1) is 16.2. The van der Waals surface area contributed by atoms with Crippen molar-refractivity contribution in [2.45, 2.75) is 12.5 Å². The molecule has 6 heteroatoms. The fraction of sp³-hybridized carbons (Fsp3) is 0.111. The highest BCUT2D eigenvalue weighted by molar-refractivity contribution is 7.13. The number of alkyl carbamates (subject to hydrolysis) is 1. The fourth-order valence-corrected chi connectivity index (χ4v) is 5.34. The van der Waals surface area contributed by atoms with Crippen molar-refractivity contribution in [2.24, 2.45) is 0 Å². The van der Waals surface area contributed by atoms with Crippen LogP contribution in [0, 0.1) is 5.82 Å². The highest BCUT2D eigenvalue weighted by Crippen LogP contribution is 2.44. The maximum absolute atomic E-state index is 13.5. The van der Waals surface area contributed by atoms with Crippen LogP contribution < -0.4 is 5.32 Å². The molecule has 1 N–H and O–H groups in total. The molecular formula is C27H20FNO3S. The third-order valence-electron chi connectivity index (χ3n) is 5.90. The van der Waals surface area contributed by atoms with Crippen molar-refractivity contribution in [3.8, 4) is 21.6 Å². The quantitative estimate of drug-likeness (QED) is 0.341. The van der Waals surface area contributed by atoms with Crippen LogP contribution >= 0.6 is 11.3 Å². The second kappa shape index (κ2) is 9.00. The molecule has 1 amide bonds. The molecule has 0 radical (unpaired) electrons. The van der Waals surface area contributed by atoms with E-state index in [0.717, 1.165) is 21.6 Å². The van der Waals surface area contributed by atoms with Gasteiger partial charge in [0, 0.05) is 28.5 Å². The number of thiophene rings is 1. The molecule has 0 saturated carbocycles. The first kappa shape index (κ1) is 21.1. The van der Waals surface area contributed by atoms with Gasteiger partial charge in [-0.05, 0) is 57.5 Å². The number of carbonyl (C=O) groups is 2. The smallest absolute Gasteiger partial charge is 0.407 e. The molecule has 0 unspecified atom stereocenters. The fourth-order valence-electron chi connectivity index (χ4n) is 4.37. The van der Waals surface area contributed by atoms with Crippen molar-refractivity contribution in [3.05, 3.63) is 106 Å². The van der Waals surface area contributed by atoms with E-state index >= 15 is 0 Å². The molecule has 1 heterocycles. The number of nitrogens with one attached hydrogen (secondary N) is 1. The first-order valence-electron chi connectivity index (χ1n) is 10.6. The van der Waals surface area contributed by atoms with Gasteiger partial charge in [-0.2, -0.15) is 0 Å². The minimum Gasteiger partial charge on any atom is -0.449 e.